The molecule has 0 fully saturated rings. The van der Waals surface area contributed by atoms with E-state index in [1.54, 1.807) is 0 Å². The molecule has 0 saturated heterocycles. The van der Waals surface area contributed by atoms with E-state index in [1.807, 2.05) is 0 Å². The summed E-state index contributed by atoms with van der Waals surface area (Å²) in [7, 11) is 0. The lowest BCUT2D eigenvalue weighted by molar-refractivity contribution is 0.568. The maximum absolute atomic E-state index is 9.06. The molecule has 0 amide bonds. The molecule has 133 heavy (non-hydrogen) atoms. The second-order valence-electron chi connectivity index (χ2n) is 51.3. The van der Waals surface area contributed by atoms with E-state index in [-0.39, 0.29) is 65.0 Å². The van der Waals surface area contributed by atoms with Crippen LogP contribution in [0.2, 0.25) is 5.02 Å². The van der Waals surface area contributed by atoms with E-state index in [2.05, 4.69) is 457 Å². The molecule has 9 heteroatoms. The number of nitrogens with zero attached hydrogens (tertiary/aromatic N) is 4. The van der Waals surface area contributed by atoms with Crippen LogP contribution in [-0.4, -0.2) is 39.9 Å². The van der Waals surface area contributed by atoms with Gasteiger partial charge in [0, 0.05) is 82.5 Å². The number of aromatic nitrogens is 8. The zero-order valence-electron chi connectivity index (χ0n) is 86.6. The SMILES string of the molecule is CC(C)(C)c1cc(-c2c3nc(c(-c4cc(C(C)(C)C)cc(C(C)(C)C)c4)c4cc5c([nH]4)c(c4nc(c(-c6cc(C(C)(C)C)cc(C(C)(C)C)c6)c6ccc2[nH]6)C=C4)c2c4nc(c(-c6cc(C(C)(C)C)cc(C(C)(C)C)c6)c6ccc([nH]6)c(-c6cc(C(C)(C)C)cc(C(C)(C)C)c6)c6nc(c(-c7cc(C(C)(C)C)cc(C(C)(C)C)c7)c7[nH]c2c5c7Cl)C=C6)C=C4)C=C3)cc(C(C)(C)C)c1. The summed E-state index contributed by atoms with van der Waals surface area (Å²) >= 11 is 9.06. The number of nitrogens with one attached hydrogen (secondary N) is 4. The van der Waals surface area contributed by atoms with Crippen LogP contribution in [0.5, 0.6) is 0 Å². The Morgan fingerprint density at radius 3 is 0.594 bits per heavy atom. The molecule has 0 unspecified atom stereocenters. The first-order valence-corrected chi connectivity index (χ1v) is 48.8. The molecule has 4 N–H and O–H groups in total. The first-order chi connectivity index (χ1) is 61.3. The molecule has 686 valence electrons. The van der Waals surface area contributed by atoms with Gasteiger partial charge in [-0.1, -0.05) is 370 Å². The molecule has 0 aliphatic carbocycles. The highest BCUT2D eigenvalue weighted by molar-refractivity contribution is 6.45. The third-order valence-electron chi connectivity index (χ3n) is 28.1. The molecular weight excluding hydrogens is 1640 g/mol. The van der Waals surface area contributed by atoms with E-state index < -0.39 is 0 Å². The highest BCUT2D eigenvalue weighted by Crippen LogP contribution is 2.53. The third-order valence-corrected chi connectivity index (χ3v) is 28.5. The van der Waals surface area contributed by atoms with Crippen molar-refractivity contribution >= 4 is 126 Å². The van der Waals surface area contributed by atoms with E-state index in [0.29, 0.717) is 5.02 Å². The van der Waals surface area contributed by atoms with Gasteiger partial charge in [-0.25, -0.2) is 19.9 Å². The van der Waals surface area contributed by atoms with Crippen LogP contribution in [0.4, 0.5) is 0 Å². The molecule has 16 bridgehead atoms. The number of benzene rings is 7. The van der Waals surface area contributed by atoms with Crippen molar-refractivity contribution in [1.29, 1.82) is 0 Å². The minimum Gasteiger partial charge on any atom is -0.354 e. The van der Waals surface area contributed by atoms with E-state index in [0.717, 1.165) is 178 Å². The number of halogens is 1. The Morgan fingerprint density at radius 1 is 0.180 bits per heavy atom. The van der Waals surface area contributed by atoms with Gasteiger partial charge in [-0.2, -0.15) is 0 Å². The molecule has 4 aliphatic rings. The lowest BCUT2D eigenvalue weighted by atomic mass is 9.78. The number of hydrogen-bond acceptors (Lipinski definition) is 4. The first-order valence-electron chi connectivity index (χ1n) is 48.4. The maximum atomic E-state index is 9.06. The van der Waals surface area contributed by atoms with Crippen LogP contribution in [0.15, 0.2) is 140 Å². The summed E-state index contributed by atoms with van der Waals surface area (Å²) in [5.41, 5.74) is 37.7. The van der Waals surface area contributed by atoms with Crippen molar-refractivity contribution in [1.82, 2.24) is 39.9 Å². The summed E-state index contributed by atoms with van der Waals surface area (Å²) < 4.78 is 0. The van der Waals surface area contributed by atoms with Crippen molar-refractivity contribution in [3.05, 3.63) is 257 Å². The van der Waals surface area contributed by atoms with Gasteiger partial charge in [0.15, 0.2) is 0 Å². The van der Waals surface area contributed by atoms with E-state index in [4.69, 9.17) is 31.5 Å². The van der Waals surface area contributed by atoms with E-state index in [9.17, 15) is 0 Å². The monoisotopic (exact) mass is 1780 g/mol. The van der Waals surface area contributed by atoms with Crippen LogP contribution in [0.25, 0.3) is 181 Å². The fraction of sp³-hybridized carbons (Fsp3) is 0.387. The summed E-state index contributed by atoms with van der Waals surface area (Å²) in [6, 6.07) is 55.1. The summed E-state index contributed by atoms with van der Waals surface area (Å²) in [6.07, 6.45) is 18.1. The van der Waals surface area contributed by atoms with Gasteiger partial charge in [-0.3, -0.25) is 0 Å². The van der Waals surface area contributed by atoms with Crippen molar-refractivity contribution in [3.63, 3.8) is 0 Å². The zero-order valence-corrected chi connectivity index (χ0v) is 87.3. The van der Waals surface area contributed by atoms with Crippen molar-refractivity contribution < 1.29 is 0 Å². The Kier molecular flexibility index (Phi) is 22.1. The Hall–Kier alpha value is -11.2. The third kappa shape index (κ3) is 17.7. The molecule has 0 saturated carbocycles. The molecule has 0 radical (unpaired) electrons. The Morgan fingerprint density at radius 2 is 0.368 bits per heavy atom. The quantitative estimate of drug-likeness (QED) is 0.133. The topological polar surface area (TPSA) is 115 Å². The standard InChI is InChI=1S/C124H143ClN8/c1-113(2,3)74-49-68(50-75(61-74)114(4,5)6)100-87-37-39-89(126-87)102(70-53-78(117(13,14)15)63-79(54-70)118(16,17)18)93-44-47-97(130-93)107-108-98-48-45-94(131-98)103(71-55-80(119(19,20)21)64-81(56-71)120(22,23)24)90-40-38-88(127-90)101(69-51-76(115(7,8)9)62-77(52-69)116(10,11)12)92-43-46-96(129-92)105(73-59-84(123(31,32)33)66-85(60-73)124(34,35)36)112-109(125)106(111(108)133-112)86-67-99(132-110(86)107)104(95-42-41-91(100)128-95)72-57-82(121(25,26)27)65-83(58-72)122(28,29)30/h37-67,126-127,132-133H,1-36H3. The molecule has 17 rings (SSSR count). The van der Waals surface area contributed by atoms with E-state index >= 15 is 0 Å². The van der Waals surface area contributed by atoms with Crippen molar-refractivity contribution in [2.75, 3.05) is 0 Å². The molecular formula is C124H143ClN8. The van der Waals surface area contributed by atoms with Crippen LogP contribution in [0.1, 0.15) is 362 Å². The van der Waals surface area contributed by atoms with Crippen molar-refractivity contribution in [2.24, 2.45) is 0 Å². The Balaban J connectivity index is 1.19. The molecule has 4 aliphatic heterocycles. The predicted octanol–water partition coefficient (Wildman–Crippen LogP) is 35.6. The Labute approximate surface area is 798 Å². The summed E-state index contributed by atoms with van der Waals surface area (Å²) in [5.74, 6) is 0. The Bertz CT molecular complexity index is 7320. The summed E-state index contributed by atoms with van der Waals surface area (Å²) in [4.78, 5) is 42.2. The number of aromatic amines is 4. The highest BCUT2D eigenvalue weighted by atomic mass is 35.5. The van der Waals surface area contributed by atoms with Gasteiger partial charge in [-0.15, -0.1) is 0 Å². The average Bonchev–Trinajstić information content (AvgIpc) is 1.54. The first kappa shape index (κ1) is 93.6. The van der Waals surface area contributed by atoms with Crippen LogP contribution in [0, 0.1) is 0 Å². The van der Waals surface area contributed by atoms with Gasteiger partial charge in [-0.05, 0) is 244 Å². The van der Waals surface area contributed by atoms with Crippen LogP contribution < -0.4 is 0 Å². The van der Waals surface area contributed by atoms with Gasteiger partial charge in [0.1, 0.15) is 0 Å². The number of H-pyrrole nitrogens is 4. The van der Waals surface area contributed by atoms with Crippen molar-refractivity contribution in [3.8, 4) is 66.8 Å². The molecule has 0 atom stereocenters. The summed E-state index contributed by atoms with van der Waals surface area (Å²) in [5, 5.41) is 4.01. The lowest BCUT2D eigenvalue weighted by Gasteiger charge is -2.26. The minimum absolute atomic E-state index is 0.189. The molecule has 0 spiro atoms. The van der Waals surface area contributed by atoms with Gasteiger partial charge in [0.2, 0.25) is 0 Å². The second-order valence-corrected chi connectivity index (χ2v) is 51.6. The minimum atomic E-state index is -0.263. The van der Waals surface area contributed by atoms with Crippen LogP contribution in [-0.2, 0) is 65.0 Å². The van der Waals surface area contributed by atoms with E-state index in [1.165, 1.54) is 66.8 Å². The van der Waals surface area contributed by atoms with Gasteiger partial charge in [0.05, 0.1) is 67.1 Å². The van der Waals surface area contributed by atoms with Crippen LogP contribution >= 0.6 is 11.6 Å². The lowest BCUT2D eigenvalue weighted by Crippen LogP contribution is -2.16. The molecule has 8 nitrogen and oxygen atoms in total. The predicted molar refractivity (Wildman–Crippen MR) is 579 cm³/mol. The van der Waals surface area contributed by atoms with Crippen molar-refractivity contribution in [2.45, 2.75) is 314 Å². The number of hydrogen-bond donors (Lipinski definition) is 4. The van der Waals surface area contributed by atoms with Gasteiger partial charge in [0.25, 0.3) is 0 Å². The van der Waals surface area contributed by atoms with Gasteiger partial charge >= 0.3 is 0 Å². The summed E-state index contributed by atoms with van der Waals surface area (Å²) in [6.45, 7) is 83.9. The molecule has 6 aromatic heterocycles. The number of rotatable bonds is 6. The molecule has 10 heterocycles. The second kappa shape index (κ2) is 31.5. The van der Waals surface area contributed by atoms with Gasteiger partial charge < -0.3 is 19.9 Å². The normalized spacial score (nSPS) is 14.1. The highest BCUT2D eigenvalue weighted by Gasteiger charge is 2.35. The maximum Gasteiger partial charge on any atom is 0.0748 e. The number of fused-ring (bicyclic) bond motifs is 18. The largest absolute Gasteiger partial charge is 0.354 e. The zero-order chi connectivity index (χ0) is 96.6. The molecule has 7 aromatic carbocycles. The molecule has 13 aromatic rings. The van der Waals surface area contributed by atoms with Crippen LogP contribution in [0.3, 0.4) is 0 Å². The smallest absolute Gasteiger partial charge is 0.0748 e. The fourth-order valence-corrected chi connectivity index (χ4v) is 19.6. The fourth-order valence-electron chi connectivity index (χ4n) is 19.2. The average molecular weight is 1780 g/mol.